The average Bonchev–Trinajstić information content (AvgIpc) is 2.85. The van der Waals surface area contributed by atoms with Gasteiger partial charge in [-0.3, -0.25) is 9.59 Å². The molecular formula is C20H18Cl2N2O3. The van der Waals surface area contributed by atoms with E-state index >= 15 is 0 Å². The number of nitrogens with one attached hydrogen (secondary N) is 1. The number of imide groups is 1. The number of anilines is 2. The molecule has 0 unspecified atom stereocenters. The minimum Gasteiger partial charge on any atom is -0.495 e. The van der Waals surface area contributed by atoms with Gasteiger partial charge in [0.05, 0.1) is 12.8 Å². The van der Waals surface area contributed by atoms with E-state index in [0.29, 0.717) is 22.4 Å². The highest BCUT2D eigenvalue weighted by Gasteiger charge is 2.40. The highest BCUT2D eigenvalue weighted by atomic mass is 35.5. The summed E-state index contributed by atoms with van der Waals surface area (Å²) in [4.78, 5) is 26.5. The van der Waals surface area contributed by atoms with Crippen LogP contribution in [-0.2, 0) is 9.59 Å². The van der Waals surface area contributed by atoms with E-state index in [1.165, 1.54) is 18.7 Å². The molecule has 2 aromatic carbocycles. The van der Waals surface area contributed by atoms with Crippen LogP contribution in [0, 0.1) is 0 Å². The van der Waals surface area contributed by atoms with Crippen LogP contribution in [-0.4, -0.2) is 18.9 Å². The van der Waals surface area contributed by atoms with Gasteiger partial charge in [0.15, 0.2) is 0 Å². The van der Waals surface area contributed by atoms with Crippen molar-refractivity contribution in [1.29, 1.82) is 0 Å². The predicted octanol–water partition coefficient (Wildman–Crippen LogP) is 4.91. The molecule has 0 bridgehead atoms. The van der Waals surface area contributed by atoms with Crippen LogP contribution in [0.1, 0.15) is 25.3 Å². The molecule has 0 aromatic heterocycles. The molecule has 7 heteroatoms. The highest BCUT2D eigenvalue weighted by Crippen LogP contribution is 2.37. The van der Waals surface area contributed by atoms with E-state index < -0.39 is 11.8 Å². The zero-order chi connectivity index (χ0) is 19.7. The summed E-state index contributed by atoms with van der Waals surface area (Å²) in [6.07, 6.45) is 0. The number of benzene rings is 2. The zero-order valence-corrected chi connectivity index (χ0v) is 16.6. The molecular weight excluding hydrogens is 387 g/mol. The van der Waals surface area contributed by atoms with Crippen LogP contribution in [0.4, 0.5) is 11.4 Å². The first-order valence-corrected chi connectivity index (χ1v) is 9.08. The highest BCUT2D eigenvalue weighted by molar-refractivity contribution is 6.53. The van der Waals surface area contributed by atoms with Crippen LogP contribution in [0.25, 0.3) is 0 Å². The Balaban J connectivity index is 1.92. The van der Waals surface area contributed by atoms with Gasteiger partial charge in [-0.2, -0.15) is 0 Å². The molecule has 3 rings (SSSR count). The van der Waals surface area contributed by atoms with Crippen molar-refractivity contribution in [3.8, 4) is 5.75 Å². The molecule has 0 saturated heterocycles. The number of carbonyl (C=O) groups excluding carboxylic acids is 2. The van der Waals surface area contributed by atoms with E-state index in [-0.39, 0.29) is 16.4 Å². The molecule has 5 nitrogen and oxygen atoms in total. The largest absolute Gasteiger partial charge is 0.495 e. The summed E-state index contributed by atoms with van der Waals surface area (Å²) < 4.78 is 5.25. The van der Waals surface area contributed by atoms with Crippen LogP contribution < -0.4 is 15.0 Å². The minimum absolute atomic E-state index is 0.0148. The lowest BCUT2D eigenvalue weighted by atomic mass is 10.0. The molecule has 0 aliphatic carbocycles. The van der Waals surface area contributed by atoms with Gasteiger partial charge in [0.1, 0.15) is 16.5 Å². The summed E-state index contributed by atoms with van der Waals surface area (Å²) in [5, 5.41) is 3.13. The van der Waals surface area contributed by atoms with E-state index in [0.717, 1.165) is 4.90 Å². The lowest BCUT2D eigenvalue weighted by Crippen LogP contribution is -2.32. The van der Waals surface area contributed by atoms with Crippen LogP contribution in [0.15, 0.2) is 53.2 Å². The SMILES string of the molecule is COc1ccc(Cl)cc1N1C(=O)C(Cl)=C(Nc2ccc(C(C)C)cc2)C1=O. The van der Waals surface area contributed by atoms with Crippen molar-refractivity contribution in [1.82, 2.24) is 0 Å². The summed E-state index contributed by atoms with van der Waals surface area (Å²) in [5.74, 6) is -0.475. The molecule has 1 aliphatic heterocycles. The van der Waals surface area contributed by atoms with Crippen molar-refractivity contribution in [2.75, 3.05) is 17.3 Å². The van der Waals surface area contributed by atoms with Gasteiger partial charge in [-0.15, -0.1) is 0 Å². The first kappa shape index (κ1) is 19.3. The van der Waals surface area contributed by atoms with Crippen molar-refractivity contribution in [3.63, 3.8) is 0 Å². The van der Waals surface area contributed by atoms with Gasteiger partial charge >= 0.3 is 0 Å². The Morgan fingerprint density at radius 3 is 2.26 bits per heavy atom. The molecule has 1 aliphatic rings. The third-order valence-corrected chi connectivity index (χ3v) is 4.84. The van der Waals surface area contributed by atoms with Crippen molar-refractivity contribution in [3.05, 3.63) is 63.8 Å². The number of rotatable bonds is 5. The van der Waals surface area contributed by atoms with Crippen molar-refractivity contribution >= 4 is 46.4 Å². The lowest BCUT2D eigenvalue weighted by Gasteiger charge is -2.18. The number of hydrogen-bond acceptors (Lipinski definition) is 4. The third kappa shape index (κ3) is 3.66. The van der Waals surface area contributed by atoms with Gasteiger partial charge in [-0.1, -0.05) is 49.2 Å². The molecule has 0 fully saturated rings. The maximum absolute atomic E-state index is 12.9. The van der Waals surface area contributed by atoms with Gasteiger partial charge in [-0.05, 0) is 41.8 Å². The average molecular weight is 405 g/mol. The second-order valence-electron chi connectivity index (χ2n) is 6.35. The zero-order valence-electron chi connectivity index (χ0n) is 15.0. The fraction of sp³-hybridized carbons (Fsp3) is 0.200. The summed E-state index contributed by atoms with van der Waals surface area (Å²) >= 11 is 12.2. The molecule has 1 heterocycles. The van der Waals surface area contributed by atoms with Crippen molar-refractivity contribution in [2.45, 2.75) is 19.8 Å². The number of ether oxygens (including phenoxy) is 1. The molecule has 0 radical (unpaired) electrons. The van der Waals surface area contributed by atoms with Gasteiger partial charge < -0.3 is 10.1 Å². The van der Waals surface area contributed by atoms with E-state index in [1.54, 1.807) is 12.1 Å². The summed E-state index contributed by atoms with van der Waals surface area (Å²) in [6.45, 7) is 4.19. The number of methoxy groups -OCH3 is 1. The quantitative estimate of drug-likeness (QED) is 0.719. The molecule has 2 amide bonds. The Morgan fingerprint density at radius 2 is 1.67 bits per heavy atom. The summed E-state index contributed by atoms with van der Waals surface area (Å²) in [6, 6.07) is 12.3. The fourth-order valence-electron chi connectivity index (χ4n) is 2.76. The maximum atomic E-state index is 12.9. The van der Waals surface area contributed by atoms with E-state index in [4.69, 9.17) is 27.9 Å². The molecule has 140 valence electrons. The number of nitrogens with zero attached hydrogens (tertiary/aromatic N) is 1. The topological polar surface area (TPSA) is 58.6 Å². The minimum atomic E-state index is -0.636. The van der Waals surface area contributed by atoms with Gasteiger partial charge in [-0.25, -0.2) is 4.90 Å². The summed E-state index contributed by atoms with van der Waals surface area (Å²) in [5.41, 5.74) is 2.08. The fourth-order valence-corrected chi connectivity index (χ4v) is 3.14. The van der Waals surface area contributed by atoms with E-state index in [1.807, 2.05) is 24.3 Å². The monoisotopic (exact) mass is 404 g/mol. The Morgan fingerprint density at radius 1 is 1.00 bits per heavy atom. The molecule has 0 spiro atoms. The number of halogens is 2. The lowest BCUT2D eigenvalue weighted by molar-refractivity contribution is -0.120. The Labute approximate surface area is 167 Å². The number of amides is 2. The smallest absolute Gasteiger partial charge is 0.283 e. The predicted molar refractivity (Wildman–Crippen MR) is 108 cm³/mol. The molecule has 2 aromatic rings. The third-order valence-electron chi connectivity index (χ3n) is 4.26. The Hall–Kier alpha value is -2.50. The van der Waals surface area contributed by atoms with E-state index in [2.05, 4.69) is 19.2 Å². The normalized spacial score (nSPS) is 14.4. The number of hydrogen-bond donors (Lipinski definition) is 1. The first-order chi connectivity index (χ1) is 12.8. The molecule has 1 N–H and O–H groups in total. The molecule has 0 saturated carbocycles. The standard InChI is InChI=1S/C20H18Cl2N2O3/c1-11(2)12-4-7-14(8-5-12)23-18-17(22)19(25)24(20(18)26)15-10-13(21)6-9-16(15)27-3/h4-11,23H,1-3H3. The van der Waals surface area contributed by atoms with Gasteiger partial charge in [0.2, 0.25) is 0 Å². The van der Waals surface area contributed by atoms with E-state index in [9.17, 15) is 9.59 Å². The van der Waals surface area contributed by atoms with Crippen molar-refractivity contribution in [2.24, 2.45) is 0 Å². The van der Waals surface area contributed by atoms with Crippen LogP contribution in [0.3, 0.4) is 0 Å². The van der Waals surface area contributed by atoms with Gasteiger partial charge in [0.25, 0.3) is 11.8 Å². The van der Waals surface area contributed by atoms with Crippen molar-refractivity contribution < 1.29 is 14.3 Å². The van der Waals surface area contributed by atoms with Crippen LogP contribution in [0.5, 0.6) is 5.75 Å². The Kier molecular flexibility index (Phi) is 5.44. The summed E-state index contributed by atoms with van der Waals surface area (Å²) in [7, 11) is 1.45. The first-order valence-electron chi connectivity index (χ1n) is 8.32. The second kappa shape index (κ2) is 7.62. The number of carbonyl (C=O) groups is 2. The maximum Gasteiger partial charge on any atom is 0.283 e. The molecule has 27 heavy (non-hydrogen) atoms. The van der Waals surface area contributed by atoms with Crippen LogP contribution >= 0.6 is 23.2 Å². The second-order valence-corrected chi connectivity index (χ2v) is 7.17. The molecule has 0 atom stereocenters. The Bertz CT molecular complexity index is 937. The van der Waals surface area contributed by atoms with Gasteiger partial charge in [0, 0.05) is 10.7 Å². The van der Waals surface area contributed by atoms with Crippen LogP contribution in [0.2, 0.25) is 5.02 Å².